The van der Waals surface area contributed by atoms with Crippen molar-refractivity contribution >= 4 is 0 Å². The lowest BCUT2D eigenvalue weighted by molar-refractivity contribution is 0.146. The largest absolute Gasteiger partial charge is 0.493 e. The molecule has 0 spiro atoms. The summed E-state index contributed by atoms with van der Waals surface area (Å²) < 4.78 is 21.2. The smallest absolute Gasteiger partial charge is 0.203 e. The number of benzene rings is 1. The molecule has 0 heterocycles. The SMILES string of the molecule is COc1cc(OCCC(O)CN)cc(OC)c1OC. The summed E-state index contributed by atoms with van der Waals surface area (Å²) in [5.74, 6) is 2.14. The number of rotatable bonds is 8. The van der Waals surface area contributed by atoms with Crippen molar-refractivity contribution in [2.75, 3.05) is 34.5 Å². The third-order valence-corrected chi connectivity index (χ3v) is 2.63. The van der Waals surface area contributed by atoms with Crippen LogP contribution in [-0.4, -0.2) is 45.7 Å². The van der Waals surface area contributed by atoms with Gasteiger partial charge in [-0.25, -0.2) is 0 Å². The standard InChI is InChI=1S/C13H21NO5/c1-16-11-6-10(19-5-4-9(15)8-14)7-12(17-2)13(11)18-3/h6-7,9,15H,4-5,8,14H2,1-3H3. The summed E-state index contributed by atoms with van der Waals surface area (Å²) in [6.07, 6.45) is -0.0882. The average Bonchev–Trinajstić information content (AvgIpc) is 2.45. The van der Waals surface area contributed by atoms with Gasteiger partial charge in [-0.3, -0.25) is 0 Å². The zero-order chi connectivity index (χ0) is 14.3. The number of aliphatic hydroxyl groups excluding tert-OH is 1. The van der Waals surface area contributed by atoms with E-state index in [1.165, 1.54) is 0 Å². The molecule has 0 amide bonds. The number of ether oxygens (including phenoxy) is 4. The first-order valence-electron chi connectivity index (χ1n) is 5.97. The van der Waals surface area contributed by atoms with Gasteiger partial charge in [0.2, 0.25) is 5.75 Å². The molecule has 0 saturated carbocycles. The quantitative estimate of drug-likeness (QED) is 0.727. The molecule has 1 rings (SSSR count). The molecule has 3 N–H and O–H groups in total. The van der Waals surface area contributed by atoms with Gasteiger partial charge in [-0.1, -0.05) is 0 Å². The van der Waals surface area contributed by atoms with Crippen molar-refractivity contribution in [2.24, 2.45) is 5.73 Å². The lowest BCUT2D eigenvalue weighted by atomic mass is 10.2. The number of hydrogen-bond donors (Lipinski definition) is 2. The second-order valence-electron chi connectivity index (χ2n) is 3.89. The Kier molecular flexibility index (Phi) is 6.24. The summed E-state index contributed by atoms with van der Waals surface area (Å²) >= 11 is 0. The van der Waals surface area contributed by atoms with Crippen LogP contribution in [0.5, 0.6) is 23.0 Å². The maximum atomic E-state index is 9.35. The number of hydrogen-bond acceptors (Lipinski definition) is 6. The molecule has 0 aliphatic carbocycles. The average molecular weight is 271 g/mol. The molecule has 1 aromatic carbocycles. The van der Waals surface area contributed by atoms with Crippen LogP contribution in [0.1, 0.15) is 6.42 Å². The van der Waals surface area contributed by atoms with E-state index in [4.69, 9.17) is 24.7 Å². The normalized spacial score (nSPS) is 11.8. The molecule has 0 aliphatic rings. The van der Waals surface area contributed by atoms with Crippen molar-refractivity contribution in [3.8, 4) is 23.0 Å². The van der Waals surface area contributed by atoms with E-state index in [1.807, 2.05) is 0 Å². The first-order chi connectivity index (χ1) is 9.15. The van der Waals surface area contributed by atoms with Crippen molar-refractivity contribution in [3.63, 3.8) is 0 Å². The maximum absolute atomic E-state index is 9.35. The van der Waals surface area contributed by atoms with Gasteiger partial charge >= 0.3 is 0 Å². The Morgan fingerprint density at radius 1 is 1.11 bits per heavy atom. The van der Waals surface area contributed by atoms with Crippen molar-refractivity contribution < 1.29 is 24.1 Å². The van der Waals surface area contributed by atoms with E-state index in [1.54, 1.807) is 33.5 Å². The van der Waals surface area contributed by atoms with Crippen LogP contribution in [0.15, 0.2) is 12.1 Å². The highest BCUT2D eigenvalue weighted by molar-refractivity contribution is 5.55. The Labute approximate surface area is 113 Å². The van der Waals surface area contributed by atoms with Gasteiger partial charge in [-0.15, -0.1) is 0 Å². The van der Waals surface area contributed by atoms with Crippen molar-refractivity contribution in [3.05, 3.63) is 12.1 Å². The Balaban J connectivity index is 2.79. The van der Waals surface area contributed by atoms with Gasteiger partial charge in [0, 0.05) is 25.1 Å². The summed E-state index contributed by atoms with van der Waals surface area (Å²) in [6, 6.07) is 3.41. The minimum Gasteiger partial charge on any atom is -0.493 e. The molecular weight excluding hydrogens is 250 g/mol. The third kappa shape index (κ3) is 4.18. The summed E-state index contributed by atoms with van der Waals surface area (Å²) in [7, 11) is 4.62. The maximum Gasteiger partial charge on any atom is 0.203 e. The fourth-order valence-corrected chi connectivity index (χ4v) is 1.57. The molecule has 0 fully saturated rings. The first-order valence-corrected chi connectivity index (χ1v) is 5.97. The third-order valence-electron chi connectivity index (χ3n) is 2.63. The first kappa shape index (κ1) is 15.4. The van der Waals surface area contributed by atoms with Crippen LogP contribution in [0.3, 0.4) is 0 Å². The lowest BCUT2D eigenvalue weighted by Gasteiger charge is -2.15. The van der Waals surface area contributed by atoms with E-state index in [-0.39, 0.29) is 6.54 Å². The fraction of sp³-hybridized carbons (Fsp3) is 0.538. The highest BCUT2D eigenvalue weighted by atomic mass is 16.5. The monoisotopic (exact) mass is 271 g/mol. The Morgan fingerprint density at radius 2 is 1.68 bits per heavy atom. The minimum absolute atomic E-state index is 0.221. The molecule has 0 radical (unpaired) electrons. The Morgan fingerprint density at radius 3 is 2.11 bits per heavy atom. The predicted molar refractivity (Wildman–Crippen MR) is 71.3 cm³/mol. The second-order valence-corrected chi connectivity index (χ2v) is 3.89. The molecule has 1 aromatic rings. The fourth-order valence-electron chi connectivity index (χ4n) is 1.57. The molecule has 108 valence electrons. The topological polar surface area (TPSA) is 83.2 Å². The Hall–Kier alpha value is -1.66. The van der Waals surface area contributed by atoms with Crippen LogP contribution < -0.4 is 24.7 Å². The van der Waals surface area contributed by atoms with Gasteiger partial charge in [-0.2, -0.15) is 0 Å². The highest BCUT2D eigenvalue weighted by Gasteiger charge is 2.14. The van der Waals surface area contributed by atoms with Crippen molar-refractivity contribution in [1.82, 2.24) is 0 Å². The summed E-state index contributed by atoms with van der Waals surface area (Å²) in [5, 5.41) is 9.35. The van der Waals surface area contributed by atoms with E-state index in [9.17, 15) is 5.11 Å². The highest BCUT2D eigenvalue weighted by Crippen LogP contribution is 2.40. The van der Waals surface area contributed by atoms with Crippen LogP contribution in [0.25, 0.3) is 0 Å². The second kappa shape index (κ2) is 7.70. The van der Waals surface area contributed by atoms with Crippen LogP contribution in [0, 0.1) is 0 Å². The van der Waals surface area contributed by atoms with Gasteiger partial charge in [-0.05, 0) is 0 Å². The van der Waals surface area contributed by atoms with Gasteiger partial charge in [0.25, 0.3) is 0 Å². The molecule has 1 unspecified atom stereocenters. The molecule has 0 aromatic heterocycles. The van der Waals surface area contributed by atoms with Gasteiger partial charge in [0.05, 0.1) is 34.0 Å². The molecule has 0 bridgehead atoms. The summed E-state index contributed by atoms with van der Waals surface area (Å²) in [6.45, 7) is 0.579. The van der Waals surface area contributed by atoms with Crippen molar-refractivity contribution in [2.45, 2.75) is 12.5 Å². The Bertz CT molecular complexity index is 372. The zero-order valence-corrected chi connectivity index (χ0v) is 11.5. The summed E-state index contributed by atoms with van der Waals surface area (Å²) in [5.41, 5.74) is 5.32. The van der Waals surface area contributed by atoms with E-state index in [0.29, 0.717) is 36.0 Å². The van der Waals surface area contributed by atoms with Crippen LogP contribution in [0.2, 0.25) is 0 Å². The van der Waals surface area contributed by atoms with E-state index >= 15 is 0 Å². The van der Waals surface area contributed by atoms with Gasteiger partial charge in [0.1, 0.15) is 5.75 Å². The predicted octanol–water partition coefficient (Wildman–Crippen LogP) is 0.801. The van der Waals surface area contributed by atoms with Gasteiger partial charge in [0.15, 0.2) is 11.5 Å². The number of methoxy groups -OCH3 is 3. The van der Waals surface area contributed by atoms with Crippen LogP contribution >= 0.6 is 0 Å². The van der Waals surface area contributed by atoms with E-state index in [0.717, 1.165) is 0 Å². The molecule has 19 heavy (non-hydrogen) atoms. The van der Waals surface area contributed by atoms with Crippen molar-refractivity contribution in [1.29, 1.82) is 0 Å². The molecule has 6 heteroatoms. The molecule has 0 saturated heterocycles. The van der Waals surface area contributed by atoms with E-state index < -0.39 is 6.10 Å². The van der Waals surface area contributed by atoms with E-state index in [2.05, 4.69) is 0 Å². The van der Waals surface area contributed by atoms with Gasteiger partial charge < -0.3 is 29.8 Å². The molecule has 1 atom stereocenters. The number of nitrogens with two attached hydrogens (primary N) is 1. The molecule has 6 nitrogen and oxygen atoms in total. The zero-order valence-electron chi connectivity index (χ0n) is 11.5. The van der Waals surface area contributed by atoms with Crippen LogP contribution in [-0.2, 0) is 0 Å². The minimum atomic E-state index is -0.554. The van der Waals surface area contributed by atoms with Crippen LogP contribution in [0.4, 0.5) is 0 Å². The molecule has 0 aliphatic heterocycles. The summed E-state index contributed by atoms with van der Waals surface area (Å²) in [4.78, 5) is 0. The lowest BCUT2D eigenvalue weighted by Crippen LogP contribution is -2.21. The molecular formula is C13H21NO5. The number of aliphatic hydroxyl groups is 1.